The molecule has 124 valence electrons. The number of para-hydroxylation sites is 1. The minimum absolute atomic E-state index is 0.207. The van der Waals surface area contributed by atoms with Crippen LogP contribution in [0.15, 0.2) is 40.4 Å². The van der Waals surface area contributed by atoms with Gasteiger partial charge in [0.05, 0.1) is 4.47 Å². The fraction of sp³-hybridized carbons (Fsp3) is 0.412. The number of benzene rings is 1. The number of carbonyl (C=O) groups is 2. The van der Waals surface area contributed by atoms with Crippen molar-refractivity contribution in [3.63, 3.8) is 0 Å². The maximum atomic E-state index is 11.7. The first-order valence-electron chi connectivity index (χ1n) is 7.78. The van der Waals surface area contributed by atoms with Crippen LogP contribution in [0.25, 0.3) is 0 Å². The van der Waals surface area contributed by atoms with E-state index in [1.54, 1.807) is 6.07 Å². The molecule has 0 saturated carbocycles. The summed E-state index contributed by atoms with van der Waals surface area (Å²) < 4.78 is 6.11. The lowest BCUT2D eigenvalue weighted by Gasteiger charge is -2.13. The average molecular weight is 381 g/mol. The van der Waals surface area contributed by atoms with Crippen LogP contribution in [0.4, 0.5) is 4.79 Å². The number of carbonyl (C=O) groups excluding carboxylic acids is 2. The molecule has 0 fully saturated rings. The second-order valence-corrected chi connectivity index (χ2v) is 6.24. The molecule has 1 aromatic rings. The molecule has 0 spiro atoms. The third-order valence-electron chi connectivity index (χ3n) is 3.57. The Hall–Kier alpha value is -1.82. The van der Waals surface area contributed by atoms with Crippen molar-refractivity contribution in [2.24, 2.45) is 0 Å². The first kappa shape index (κ1) is 17.5. The smallest absolute Gasteiger partial charge is 0.321 e. The lowest BCUT2D eigenvalue weighted by atomic mass is 9.97. The Morgan fingerprint density at radius 2 is 2.04 bits per heavy atom. The number of ether oxygens (including phenoxy) is 1. The van der Waals surface area contributed by atoms with Crippen molar-refractivity contribution < 1.29 is 14.3 Å². The highest BCUT2D eigenvalue weighted by atomic mass is 79.9. The number of imide groups is 1. The second-order valence-electron chi connectivity index (χ2n) is 5.38. The summed E-state index contributed by atoms with van der Waals surface area (Å²) in [6.45, 7) is 0.331. The summed E-state index contributed by atoms with van der Waals surface area (Å²) in [5.41, 5.74) is 1.39. The summed E-state index contributed by atoms with van der Waals surface area (Å²) in [5, 5.41) is 4.95. The van der Waals surface area contributed by atoms with E-state index in [1.165, 1.54) is 18.4 Å². The van der Waals surface area contributed by atoms with E-state index < -0.39 is 11.9 Å². The van der Waals surface area contributed by atoms with Gasteiger partial charge in [-0.05, 0) is 60.2 Å². The maximum absolute atomic E-state index is 11.7. The van der Waals surface area contributed by atoms with Crippen LogP contribution < -0.4 is 15.4 Å². The lowest BCUT2D eigenvalue weighted by molar-refractivity contribution is -0.122. The summed E-state index contributed by atoms with van der Waals surface area (Å²) in [5.74, 6) is 0.0856. The van der Waals surface area contributed by atoms with E-state index in [-0.39, 0.29) is 6.61 Å². The normalized spacial score (nSPS) is 13.9. The number of amides is 3. The Bertz CT molecular complexity index is 587. The summed E-state index contributed by atoms with van der Waals surface area (Å²) in [4.78, 5) is 23.3. The summed E-state index contributed by atoms with van der Waals surface area (Å²) in [6.07, 6.45) is 7.82. The minimum atomic E-state index is -0.484. The Morgan fingerprint density at radius 3 is 2.78 bits per heavy atom. The van der Waals surface area contributed by atoms with E-state index in [2.05, 4.69) is 32.6 Å². The predicted octanol–water partition coefficient (Wildman–Crippen LogP) is 3.54. The Kier molecular flexibility index (Phi) is 7.13. The van der Waals surface area contributed by atoms with Crippen LogP contribution in [0.2, 0.25) is 0 Å². The van der Waals surface area contributed by atoms with Gasteiger partial charge in [-0.25, -0.2) is 4.79 Å². The molecule has 0 bridgehead atoms. The van der Waals surface area contributed by atoms with Crippen molar-refractivity contribution in [2.45, 2.75) is 32.1 Å². The van der Waals surface area contributed by atoms with Gasteiger partial charge in [0.25, 0.3) is 5.91 Å². The van der Waals surface area contributed by atoms with Gasteiger partial charge in [0.15, 0.2) is 6.61 Å². The fourth-order valence-electron chi connectivity index (χ4n) is 2.38. The molecule has 0 unspecified atom stereocenters. The van der Waals surface area contributed by atoms with E-state index in [0.29, 0.717) is 12.3 Å². The average Bonchev–Trinajstić information content (AvgIpc) is 2.55. The standard InChI is InChI=1S/C17H21BrN2O3/c18-14-8-4-5-9-15(14)23-12-16(21)20-17(22)19-11-10-13-6-2-1-3-7-13/h4-6,8-9H,1-3,7,10-12H2,(H2,19,20,21,22). The van der Waals surface area contributed by atoms with Crippen molar-refractivity contribution in [1.82, 2.24) is 10.6 Å². The quantitative estimate of drug-likeness (QED) is 0.741. The molecular formula is C17H21BrN2O3. The number of rotatable bonds is 6. The second kappa shape index (κ2) is 9.35. The van der Waals surface area contributed by atoms with Crippen molar-refractivity contribution in [3.05, 3.63) is 40.4 Å². The highest BCUT2D eigenvalue weighted by Crippen LogP contribution is 2.23. The first-order chi connectivity index (χ1) is 11.1. The van der Waals surface area contributed by atoms with Crippen LogP contribution in [0.1, 0.15) is 32.1 Å². The predicted molar refractivity (Wildman–Crippen MR) is 92.3 cm³/mol. The molecular weight excluding hydrogens is 360 g/mol. The zero-order valence-corrected chi connectivity index (χ0v) is 14.5. The molecule has 2 N–H and O–H groups in total. The number of hydrogen-bond donors (Lipinski definition) is 2. The molecule has 3 amide bonds. The van der Waals surface area contributed by atoms with Crippen LogP contribution in [-0.2, 0) is 4.79 Å². The Balaban J connectivity index is 1.63. The zero-order valence-electron chi connectivity index (χ0n) is 12.9. The molecule has 0 aliphatic heterocycles. The van der Waals surface area contributed by atoms with Crippen LogP contribution >= 0.6 is 15.9 Å². The Labute approximate surface area is 144 Å². The summed E-state index contributed by atoms with van der Waals surface area (Å²) >= 11 is 3.33. The van der Waals surface area contributed by atoms with Gasteiger partial charge in [-0.3, -0.25) is 10.1 Å². The number of halogens is 1. The Morgan fingerprint density at radius 1 is 1.22 bits per heavy atom. The van der Waals surface area contributed by atoms with Crippen LogP contribution in [-0.4, -0.2) is 25.1 Å². The molecule has 0 heterocycles. The van der Waals surface area contributed by atoms with E-state index in [1.807, 2.05) is 18.2 Å². The van der Waals surface area contributed by atoms with Crippen molar-refractivity contribution in [1.29, 1.82) is 0 Å². The summed E-state index contributed by atoms with van der Waals surface area (Å²) in [6, 6.07) is 6.74. The van der Waals surface area contributed by atoms with Gasteiger partial charge in [0, 0.05) is 6.54 Å². The summed E-state index contributed by atoms with van der Waals surface area (Å²) in [7, 11) is 0. The highest BCUT2D eigenvalue weighted by Gasteiger charge is 2.10. The molecule has 1 aliphatic rings. The van der Waals surface area contributed by atoms with Crippen molar-refractivity contribution in [3.8, 4) is 5.75 Å². The molecule has 6 heteroatoms. The fourth-order valence-corrected chi connectivity index (χ4v) is 2.78. The van der Waals surface area contributed by atoms with Gasteiger partial charge in [-0.1, -0.05) is 23.8 Å². The molecule has 23 heavy (non-hydrogen) atoms. The molecule has 0 aromatic heterocycles. The largest absolute Gasteiger partial charge is 0.483 e. The zero-order chi connectivity index (χ0) is 16.5. The number of urea groups is 1. The highest BCUT2D eigenvalue weighted by molar-refractivity contribution is 9.10. The third-order valence-corrected chi connectivity index (χ3v) is 4.22. The maximum Gasteiger partial charge on any atom is 0.321 e. The van der Waals surface area contributed by atoms with Gasteiger partial charge < -0.3 is 10.1 Å². The van der Waals surface area contributed by atoms with Gasteiger partial charge in [-0.2, -0.15) is 0 Å². The van der Waals surface area contributed by atoms with Gasteiger partial charge in [0.2, 0.25) is 0 Å². The topological polar surface area (TPSA) is 67.4 Å². The van der Waals surface area contributed by atoms with Gasteiger partial charge in [-0.15, -0.1) is 0 Å². The molecule has 2 rings (SSSR count). The van der Waals surface area contributed by atoms with Crippen molar-refractivity contribution >= 4 is 27.9 Å². The molecule has 1 aromatic carbocycles. The first-order valence-corrected chi connectivity index (χ1v) is 8.57. The van der Waals surface area contributed by atoms with Crippen LogP contribution in [0.5, 0.6) is 5.75 Å². The van der Waals surface area contributed by atoms with E-state index >= 15 is 0 Å². The van der Waals surface area contributed by atoms with E-state index in [9.17, 15) is 9.59 Å². The van der Waals surface area contributed by atoms with Crippen LogP contribution in [0, 0.1) is 0 Å². The van der Waals surface area contributed by atoms with Crippen LogP contribution in [0.3, 0.4) is 0 Å². The monoisotopic (exact) mass is 380 g/mol. The van der Waals surface area contributed by atoms with E-state index in [0.717, 1.165) is 23.7 Å². The molecule has 5 nitrogen and oxygen atoms in total. The molecule has 0 atom stereocenters. The van der Waals surface area contributed by atoms with Crippen molar-refractivity contribution in [2.75, 3.05) is 13.2 Å². The minimum Gasteiger partial charge on any atom is -0.483 e. The number of hydrogen-bond acceptors (Lipinski definition) is 3. The van der Waals surface area contributed by atoms with E-state index in [4.69, 9.17) is 4.74 Å². The van der Waals surface area contributed by atoms with Gasteiger partial charge in [0.1, 0.15) is 5.75 Å². The molecule has 0 saturated heterocycles. The van der Waals surface area contributed by atoms with Gasteiger partial charge >= 0.3 is 6.03 Å². The molecule has 0 radical (unpaired) electrons. The molecule has 1 aliphatic carbocycles. The SMILES string of the molecule is O=C(COc1ccccc1Br)NC(=O)NCCC1=CCCCC1. The third kappa shape index (κ3) is 6.44. The lowest BCUT2D eigenvalue weighted by Crippen LogP contribution is -2.42. The number of nitrogens with one attached hydrogen (secondary N) is 2. The number of allylic oxidation sites excluding steroid dienone is 1.